The first kappa shape index (κ1) is 16.9. The van der Waals surface area contributed by atoms with Gasteiger partial charge in [-0.15, -0.1) is 0 Å². The predicted octanol–water partition coefficient (Wildman–Crippen LogP) is 3.31. The van der Waals surface area contributed by atoms with Gasteiger partial charge in [0.05, 0.1) is 10.6 Å². The van der Waals surface area contributed by atoms with Gasteiger partial charge >= 0.3 is 0 Å². The molecule has 0 aliphatic rings. The van der Waals surface area contributed by atoms with E-state index < -0.39 is 9.84 Å². The predicted molar refractivity (Wildman–Crippen MR) is 96.0 cm³/mol. The number of rotatable bonds is 5. The summed E-state index contributed by atoms with van der Waals surface area (Å²) in [7, 11) is -3.45. The van der Waals surface area contributed by atoms with Crippen molar-refractivity contribution in [3.63, 3.8) is 0 Å². The molecule has 0 bridgehead atoms. The number of nitrogens with one attached hydrogen (secondary N) is 1. The molecule has 3 rings (SSSR count). The minimum Gasteiger partial charge on any atom is -0.322 e. The number of carbonyl (C=O) groups excluding carboxylic acids is 1. The number of carbonyl (C=O) groups is 1. The zero-order valence-corrected chi connectivity index (χ0v) is 14.1. The van der Waals surface area contributed by atoms with Crippen LogP contribution in [-0.4, -0.2) is 19.3 Å². The van der Waals surface area contributed by atoms with Crippen LogP contribution in [0.3, 0.4) is 0 Å². The number of pyridine rings is 1. The second-order valence-corrected chi connectivity index (χ2v) is 7.45. The molecule has 1 heterocycles. The summed E-state index contributed by atoms with van der Waals surface area (Å²) in [5, 5.41) is 2.75. The molecule has 25 heavy (non-hydrogen) atoms. The smallest absolute Gasteiger partial charge is 0.255 e. The van der Waals surface area contributed by atoms with E-state index >= 15 is 0 Å². The molecule has 2 aromatic carbocycles. The molecule has 0 aliphatic heterocycles. The highest BCUT2D eigenvalue weighted by Gasteiger charge is 2.16. The fourth-order valence-corrected chi connectivity index (χ4v) is 3.73. The van der Waals surface area contributed by atoms with Gasteiger partial charge in [-0.1, -0.05) is 30.3 Å². The maximum atomic E-state index is 12.5. The Morgan fingerprint density at radius 1 is 0.920 bits per heavy atom. The van der Waals surface area contributed by atoms with E-state index in [4.69, 9.17) is 0 Å². The Hall–Kier alpha value is -2.99. The normalized spacial score (nSPS) is 11.0. The average Bonchev–Trinajstić information content (AvgIpc) is 2.63. The maximum absolute atomic E-state index is 12.5. The number of amides is 1. The first-order valence-corrected chi connectivity index (χ1v) is 9.28. The van der Waals surface area contributed by atoms with Crippen LogP contribution in [-0.2, 0) is 15.6 Å². The lowest BCUT2D eigenvalue weighted by Gasteiger charge is -2.08. The topological polar surface area (TPSA) is 76.1 Å². The van der Waals surface area contributed by atoms with Crippen molar-refractivity contribution in [2.45, 2.75) is 10.6 Å². The van der Waals surface area contributed by atoms with Gasteiger partial charge in [-0.2, -0.15) is 0 Å². The van der Waals surface area contributed by atoms with Gasteiger partial charge in [0.1, 0.15) is 0 Å². The molecule has 1 aromatic heterocycles. The van der Waals surface area contributed by atoms with Crippen LogP contribution in [0.1, 0.15) is 15.9 Å². The van der Waals surface area contributed by atoms with Crippen molar-refractivity contribution < 1.29 is 13.2 Å². The molecule has 1 amide bonds. The third-order valence-electron chi connectivity index (χ3n) is 3.59. The highest BCUT2D eigenvalue weighted by molar-refractivity contribution is 7.90. The number of anilines is 1. The summed E-state index contributed by atoms with van der Waals surface area (Å²) < 4.78 is 24.9. The van der Waals surface area contributed by atoms with Crippen molar-refractivity contribution in [2.75, 3.05) is 5.32 Å². The van der Waals surface area contributed by atoms with Crippen LogP contribution < -0.4 is 5.32 Å². The number of nitrogens with zero attached hydrogens (tertiary/aromatic N) is 1. The Balaban J connectivity index is 1.79. The second kappa shape index (κ2) is 7.27. The summed E-state index contributed by atoms with van der Waals surface area (Å²) in [6.45, 7) is 0. The third-order valence-corrected chi connectivity index (χ3v) is 5.29. The first-order chi connectivity index (χ1) is 12.0. The first-order valence-electron chi connectivity index (χ1n) is 7.63. The van der Waals surface area contributed by atoms with Gasteiger partial charge in [-0.05, 0) is 42.0 Å². The van der Waals surface area contributed by atoms with E-state index in [0.29, 0.717) is 16.8 Å². The summed E-state index contributed by atoms with van der Waals surface area (Å²) in [6.07, 6.45) is 3.16. The van der Waals surface area contributed by atoms with Crippen molar-refractivity contribution in [3.05, 3.63) is 90.3 Å². The molecule has 0 fully saturated rings. The Bertz CT molecular complexity index is 972. The van der Waals surface area contributed by atoms with Crippen molar-refractivity contribution in [1.82, 2.24) is 4.98 Å². The highest BCUT2D eigenvalue weighted by atomic mass is 32.2. The van der Waals surface area contributed by atoms with Crippen LogP contribution in [0, 0.1) is 0 Å². The summed E-state index contributed by atoms with van der Waals surface area (Å²) in [5.74, 6) is -0.460. The van der Waals surface area contributed by atoms with Crippen LogP contribution in [0.5, 0.6) is 0 Å². The molecule has 6 heteroatoms. The minimum absolute atomic E-state index is 0.159. The Kier molecular flexibility index (Phi) is 4.90. The summed E-state index contributed by atoms with van der Waals surface area (Å²) >= 11 is 0. The van der Waals surface area contributed by atoms with Gasteiger partial charge in [0, 0.05) is 23.6 Å². The molecular weight excluding hydrogens is 336 g/mol. The minimum atomic E-state index is -3.45. The molecule has 1 N–H and O–H groups in total. The number of aromatic nitrogens is 1. The number of hydrogen-bond donors (Lipinski definition) is 1. The highest BCUT2D eigenvalue weighted by Crippen LogP contribution is 2.17. The summed E-state index contributed by atoms with van der Waals surface area (Å²) in [4.78, 5) is 16.5. The standard InChI is InChI=1S/C19H16N2O3S/c22-19(21-17-9-11-20-12-10-17)16-6-4-5-15(13-16)14-25(23,24)18-7-2-1-3-8-18/h1-13H,14H2,(H,20,21,22). The van der Waals surface area contributed by atoms with Crippen molar-refractivity contribution in [1.29, 1.82) is 0 Å². The van der Waals surface area contributed by atoms with Crippen LogP contribution in [0.15, 0.2) is 84.0 Å². The van der Waals surface area contributed by atoms with Gasteiger partial charge in [0.15, 0.2) is 9.84 Å². The lowest BCUT2D eigenvalue weighted by molar-refractivity contribution is 0.102. The van der Waals surface area contributed by atoms with Crippen LogP contribution in [0.4, 0.5) is 5.69 Å². The third kappa shape index (κ3) is 4.30. The molecule has 5 nitrogen and oxygen atoms in total. The molecule has 0 saturated heterocycles. The quantitative estimate of drug-likeness (QED) is 0.764. The van der Waals surface area contributed by atoms with Crippen LogP contribution in [0.25, 0.3) is 0 Å². The average molecular weight is 352 g/mol. The van der Waals surface area contributed by atoms with Crippen LogP contribution in [0.2, 0.25) is 0 Å². The second-order valence-electron chi connectivity index (χ2n) is 5.46. The van der Waals surface area contributed by atoms with Crippen molar-refractivity contribution in [3.8, 4) is 0 Å². The Morgan fingerprint density at radius 3 is 2.36 bits per heavy atom. The molecule has 0 saturated carbocycles. The van der Waals surface area contributed by atoms with Crippen molar-refractivity contribution in [2.24, 2.45) is 0 Å². The monoisotopic (exact) mass is 352 g/mol. The fraction of sp³-hybridized carbons (Fsp3) is 0.0526. The number of hydrogen-bond acceptors (Lipinski definition) is 4. The zero-order valence-electron chi connectivity index (χ0n) is 13.3. The molecule has 0 aliphatic carbocycles. The van der Waals surface area contributed by atoms with Crippen molar-refractivity contribution >= 4 is 21.4 Å². The summed E-state index contributed by atoms with van der Waals surface area (Å²) in [5.41, 5.74) is 1.59. The van der Waals surface area contributed by atoms with E-state index in [1.807, 2.05) is 0 Å². The van der Waals surface area contributed by atoms with E-state index in [9.17, 15) is 13.2 Å². The summed E-state index contributed by atoms with van der Waals surface area (Å²) in [6, 6.07) is 18.3. The lowest BCUT2D eigenvalue weighted by Crippen LogP contribution is -2.12. The van der Waals surface area contributed by atoms with Crippen LogP contribution >= 0.6 is 0 Å². The fourth-order valence-electron chi connectivity index (χ4n) is 2.37. The number of sulfone groups is 1. The van der Waals surface area contributed by atoms with E-state index in [0.717, 1.165) is 0 Å². The van der Waals surface area contributed by atoms with Gasteiger partial charge < -0.3 is 5.32 Å². The number of benzene rings is 2. The van der Waals surface area contributed by atoms with Gasteiger partial charge in [-0.25, -0.2) is 8.42 Å². The molecule has 0 radical (unpaired) electrons. The van der Waals surface area contributed by atoms with E-state index in [-0.39, 0.29) is 16.6 Å². The van der Waals surface area contributed by atoms with Gasteiger partial charge in [0.25, 0.3) is 5.91 Å². The Morgan fingerprint density at radius 2 is 1.64 bits per heavy atom. The SMILES string of the molecule is O=C(Nc1ccncc1)c1cccc(CS(=O)(=O)c2ccccc2)c1. The van der Waals surface area contributed by atoms with Gasteiger partial charge in [0.2, 0.25) is 0 Å². The van der Waals surface area contributed by atoms with E-state index in [1.54, 1.807) is 79.1 Å². The van der Waals surface area contributed by atoms with E-state index in [2.05, 4.69) is 10.3 Å². The largest absolute Gasteiger partial charge is 0.322 e. The maximum Gasteiger partial charge on any atom is 0.255 e. The molecule has 3 aromatic rings. The lowest BCUT2D eigenvalue weighted by atomic mass is 10.1. The molecule has 126 valence electrons. The molecular formula is C19H16N2O3S. The van der Waals surface area contributed by atoms with E-state index in [1.165, 1.54) is 0 Å². The molecule has 0 atom stereocenters. The molecule has 0 unspecified atom stereocenters. The van der Waals surface area contributed by atoms with Gasteiger partial charge in [-0.3, -0.25) is 9.78 Å². The zero-order chi connectivity index (χ0) is 17.7. The molecule has 0 spiro atoms. The Labute approximate surface area is 146 Å².